The fourth-order valence-electron chi connectivity index (χ4n) is 1.47. The quantitative estimate of drug-likeness (QED) is 0.818. The minimum absolute atomic E-state index is 0.126. The van der Waals surface area contributed by atoms with Gasteiger partial charge in [0.1, 0.15) is 0 Å². The number of Topliss-reactive ketones (excluding diaryl/α,β-unsaturated/α-hetero) is 1. The molecule has 0 heterocycles. The lowest BCUT2D eigenvalue weighted by Gasteiger charge is -2.08. The summed E-state index contributed by atoms with van der Waals surface area (Å²) < 4.78 is 0. The summed E-state index contributed by atoms with van der Waals surface area (Å²) in [6.07, 6.45) is 1.17. The molecule has 0 amide bonds. The Hall–Kier alpha value is -1.15. The highest BCUT2D eigenvalue weighted by atomic mass is 16.1. The van der Waals surface area contributed by atoms with Crippen molar-refractivity contribution in [2.24, 2.45) is 5.73 Å². The molecule has 2 N–H and O–H groups in total. The van der Waals surface area contributed by atoms with E-state index in [0.29, 0.717) is 12.8 Å². The Morgan fingerprint density at radius 1 is 1.33 bits per heavy atom. The lowest BCUT2D eigenvalue weighted by Crippen LogP contribution is -2.30. The Bertz CT molecular complexity index is 358. The number of carbonyl (C=O) groups is 1. The number of rotatable bonds is 4. The summed E-state index contributed by atoms with van der Waals surface area (Å²) in [4.78, 5) is 11.6. The first kappa shape index (κ1) is 11.9. The monoisotopic (exact) mass is 205 g/mol. The van der Waals surface area contributed by atoms with Gasteiger partial charge in [-0.1, -0.05) is 25.1 Å². The molecular weight excluding hydrogens is 186 g/mol. The number of carbonyl (C=O) groups excluding carboxylic acids is 1. The summed E-state index contributed by atoms with van der Waals surface area (Å²) in [5.41, 5.74) is 9.23. The summed E-state index contributed by atoms with van der Waals surface area (Å²) in [5, 5.41) is 0. The van der Waals surface area contributed by atoms with Gasteiger partial charge in [0.15, 0.2) is 5.78 Å². The van der Waals surface area contributed by atoms with E-state index in [4.69, 9.17) is 5.73 Å². The molecule has 0 saturated carbocycles. The number of ketones is 1. The second-order valence-corrected chi connectivity index (χ2v) is 4.08. The van der Waals surface area contributed by atoms with Crippen molar-refractivity contribution >= 4 is 5.78 Å². The first-order valence-corrected chi connectivity index (χ1v) is 5.39. The van der Waals surface area contributed by atoms with Crippen LogP contribution in [0.1, 0.15) is 30.0 Å². The molecule has 0 aliphatic heterocycles. The van der Waals surface area contributed by atoms with Crippen LogP contribution in [0.2, 0.25) is 0 Å². The van der Waals surface area contributed by atoms with E-state index in [1.54, 1.807) is 0 Å². The molecule has 0 fully saturated rings. The molecule has 0 radical (unpaired) electrons. The van der Waals surface area contributed by atoms with Gasteiger partial charge < -0.3 is 5.73 Å². The van der Waals surface area contributed by atoms with Crippen molar-refractivity contribution in [1.82, 2.24) is 0 Å². The van der Waals surface area contributed by atoms with E-state index in [-0.39, 0.29) is 11.8 Å². The maximum absolute atomic E-state index is 11.6. The number of benzene rings is 1. The molecule has 82 valence electrons. The van der Waals surface area contributed by atoms with Crippen LogP contribution in [-0.2, 0) is 11.2 Å². The molecule has 1 atom stereocenters. The number of hydrogen-bond acceptors (Lipinski definition) is 2. The highest BCUT2D eigenvalue weighted by Crippen LogP contribution is 2.11. The SMILES string of the molecule is CCC(N)C(=O)Cc1ccc(C)c(C)c1. The van der Waals surface area contributed by atoms with Gasteiger partial charge in [0.25, 0.3) is 0 Å². The van der Waals surface area contributed by atoms with Crippen molar-refractivity contribution in [3.63, 3.8) is 0 Å². The van der Waals surface area contributed by atoms with Crippen molar-refractivity contribution in [3.05, 3.63) is 34.9 Å². The van der Waals surface area contributed by atoms with Gasteiger partial charge in [0.05, 0.1) is 6.04 Å². The van der Waals surface area contributed by atoms with E-state index in [1.807, 2.05) is 13.0 Å². The van der Waals surface area contributed by atoms with Crippen LogP contribution in [0.5, 0.6) is 0 Å². The normalized spacial score (nSPS) is 12.5. The third kappa shape index (κ3) is 3.17. The molecule has 0 spiro atoms. The molecule has 0 bridgehead atoms. The zero-order valence-corrected chi connectivity index (χ0v) is 9.71. The first-order valence-electron chi connectivity index (χ1n) is 5.39. The third-order valence-electron chi connectivity index (χ3n) is 2.80. The standard InChI is InChI=1S/C13H19NO/c1-4-12(14)13(15)8-11-6-5-9(2)10(3)7-11/h5-7,12H,4,8,14H2,1-3H3. The van der Waals surface area contributed by atoms with Crippen LogP contribution < -0.4 is 5.73 Å². The van der Waals surface area contributed by atoms with Gasteiger partial charge in [0.2, 0.25) is 0 Å². The van der Waals surface area contributed by atoms with Crippen LogP contribution in [0.15, 0.2) is 18.2 Å². The summed E-state index contributed by atoms with van der Waals surface area (Å²) >= 11 is 0. The Morgan fingerprint density at radius 3 is 2.53 bits per heavy atom. The van der Waals surface area contributed by atoms with E-state index in [2.05, 4.69) is 26.0 Å². The average molecular weight is 205 g/mol. The molecule has 0 aromatic heterocycles. The maximum atomic E-state index is 11.6. The van der Waals surface area contributed by atoms with Gasteiger partial charge in [-0.25, -0.2) is 0 Å². The maximum Gasteiger partial charge on any atom is 0.153 e. The minimum atomic E-state index is -0.313. The fourth-order valence-corrected chi connectivity index (χ4v) is 1.47. The van der Waals surface area contributed by atoms with E-state index in [0.717, 1.165) is 5.56 Å². The largest absolute Gasteiger partial charge is 0.322 e. The molecular formula is C13H19NO. The summed E-state index contributed by atoms with van der Waals surface area (Å²) in [7, 11) is 0. The Morgan fingerprint density at radius 2 is 2.00 bits per heavy atom. The number of nitrogens with two attached hydrogens (primary N) is 1. The van der Waals surface area contributed by atoms with Crippen molar-refractivity contribution in [3.8, 4) is 0 Å². The molecule has 0 aliphatic carbocycles. The molecule has 0 saturated heterocycles. The van der Waals surface area contributed by atoms with Crippen molar-refractivity contribution in [2.45, 2.75) is 39.7 Å². The van der Waals surface area contributed by atoms with Crippen LogP contribution in [-0.4, -0.2) is 11.8 Å². The summed E-state index contributed by atoms with van der Waals surface area (Å²) in [6.45, 7) is 6.06. The van der Waals surface area contributed by atoms with Gasteiger partial charge in [-0.15, -0.1) is 0 Å². The zero-order chi connectivity index (χ0) is 11.4. The third-order valence-corrected chi connectivity index (χ3v) is 2.80. The van der Waals surface area contributed by atoms with Gasteiger partial charge in [-0.05, 0) is 37.0 Å². The van der Waals surface area contributed by atoms with Gasteiger partial charge >= 0.3 is 0 Å². The molecule has 1 aromatic carbocycles. The molecule has 2 heteroatoms. The molecule has 2 nitrogen and oxygen atoms in total. The summed E-state index contributed by atoms with van der Waals surface area (Å²) in [5.74, 6) is 0.126. The predicted octanol–water partition coefficient (Wildman–Crippen LogP) is 2.15. The summed E-state index contributed by atoms with van der Waals surface area (Å²) in [6, 6.07) is 5.81. The molecule has 1 rings (SSSR count). The van der Waals surface area contributed by atoms with Crippen molar-refractivity contribution in [1.29, 1.82) is 0 Å². The Labute approximate surface area is 91.5 Å². The van der Waals surface area contributed by atoms with Gasteiger partial charge in [-0.2, -0.15) is 0 Å². The van der Waals surface area contributed by atoms with E-state index in [9.17, 15) is 4.79 Å². The van der Waals surface area contributed by atoms with Gasteiger partial charge in [0, 0.05) is 6.42 Å². The zero-order valence-electron chi connectivity index (χ0n) is 9.71. The topological polar surface area (TPSA) is 43.1 Å². The van der Waals surface area contributed by atoms with Crippen LogP contribution in [0.3, 0.4) is 0 Å². The highest BCUT2D eigenvalue weighted by molar-refractivity contribution is 5.85. The van der Waals surface area contributed by atoms with E-state index in [1.165, 1.54) is 11.1 Å². The lowest BCUT2D eigenvalue weighted by molar-refractivity contribution is -0.119. The minimum Gasteiger partial charge on any atom is -0.322 e. The molecule has 15 heavy (non-hydrogen) atoms. The number of hydrogen-bond donors (Lipinski definition) is 1. The first-order chi connectivity index (χ1) is 7.04. The van der Waals surface area contributed by atoms with Crippen LogP contribution in [0, 0.1) is 13.8 Å². The van der Waals surface area contributed by atoms with E-state index >= 15 is 0 Å². The lowest BCUT2D eigenvalue weighted by atomic mass is 9.99. The van der Waals surface area contributed by atoms with Crippen LogP contribution >= 0.6 is 0 Å². The number of aryl methyl sites for hydroxylation is 2. The highest BCUT2D eigenvalue weighted by Gasteiger charge is 2.11. The van der Waals surface area contributed by atoms with E-state index < -0.39 is 0 Å². The second kappa shape index (κ2) is 5.08. The molecule has 0 aliphatic rings. The second-order valence-electron chi connectivity index (χ2n) is 4.08. The van der Waals surface area contributed by atoms with Crippen LogP contribution in [0.25, 0.3) is 0 Å². The molecule has 1 unspecified atom stereocenters. The fraction of sp³-hybridized carbons (Fsp3) is 0.462. The average Bonchev–Trinajstić information content (AvgIpc) is 2.22. The van der Waals surface area contributed by atoms with Gasteiger partial charge in [-0.3, -0.25) is 4.79 Å². The van der Waals surface area contributed by atoms with Crippen molar-refractivity contribution < 1.29 is 4.79 Å². The Kier molecular flexibility index (Phi) is 4.04. The smallest absolute Gasteiger partial charge is 0.153 e. The van der Waals surface area contributed by atoms with Crippen LogP contribution in [0.4, 0.5) is 0 Å². The molecule has 1 aromatic rings. The predicted molar refractivity (Wildman–Crippen MR) is 62.9 cm³/mol. The van der Waals surface area contributed by atoms with Crippen molar-refractivity contribution in [2.75, 3.05) is 0 Å². The Balaban J connectivity index is 2.73.